The number of nitrogens with one attached hydrogen (secondary N) is 1. The average molecular weight is 351 g/mol. The molecule has 1 aromatic heterocycles. The summed E-state index contributed by atoms with van der Waals surface area (Å²) in [5.41, 5.74) is 1.39. The molecule has 0 radical (unpaired) electrons. The van der Waals surface area contributed by atoms with E-state index in [1.807, 2.05) is 0 Å². The summed E-state index contributed by atoms with van der Waals surface area (Å²) < 4.78 is 32.4. The first-order chi connectivity index (χ1) is 11.2. The summed E-state index contributed by atoms with van der Waals surface area (Å²) in [5.74, 6) is 0.423. The lowest BCUT2D eigenvalue weighted by molar-refractivity contribution is -0.385. The molecule has 2 aromatic rings. The summed E-state index contributed by atoms with van der Waals surface area (Å²) in [6.07, 6.45) is 1.49. The number of rotatable bonds is 6. The first kappa shape index (κ1) is 17.8. The number of benzene rings is 1. The molecule has 0 unspecified atom stereocenters. The number of ether oxygens (including phenoxy) is 1. The molecule has 0 saturated heterocycles. The zero-order valence-electron chi connectivity index (χ0n) is 13.4. The van der Waals surface area contributed by atoms with Crippen molar-refractivity contribution in [3.63, 3.8) is 0 Å². The summed E-state index contributed by atoms with van der Waals surface area (Å²) >= 11 is 0. The molecule has 0 bridgehead atoms. The fourth-order valence-electron chi connectivity index (χ4n) is 2.09. The molecular weight excluding hydrogens is 334 g/mol. The Kier molecular flexibility index (Phi) is 5.15. The molecule has 0 spiro atoms. The van der Waals surface area contributed by atoms with Gasteiger partial charge in [-0.2, -0.15) is 0 Å². The third kappa shape index (κ3) is 3.87. The molecule has 24 heavy (non-hydrogen) atoms. The van der Waals surface area contributed by atoms with E-state index in [1.54, 1.807) is 26.0 Å². The number of hydrogen-bond donors (Lipinski definition) is 1. The standard InChI is InChI=1S/C15H17N3O5S/c1-10-6-13(18(19)20)7-14(11(10)2)24(21,22)17-9-12-4-5-15(23-3)16-8-12/h4-8,17H,9H2,1-3H3. The summed E-state index contributed by atoms with van der Waals surface area (Å²) in [6.45, 7) is 3.26. The van der Waals surface area contributed by atoms with Crippen molar-refractivity contribution in [1.29, 1.82) is 0 Å². The molecule has 0 aliphatic heterocycles. The fourth-order valence-corrected chi connectivity index (χ4v) is 3.44. The number of aryl methyl sites for hydroxylation is 1. The monoisotopic (exact) mass is 351 g/mol. The number of nitro groups is 1. The number of nitro benzene ring substituents is 1. The first-order valence-corrected chi connectivity index (χ1v) is 8.47. The van der Waals surface area contributed by atoms with Gasteiger partial charge in [0.25, 0.3) is 5.69 Å². The van der Waals surface area contributed by atoms with Crippen molar-refractivity contribution in [1.82, 2.24) is 9.71 Å². The molecule has 2 rings (SSSR count). The topological polar surface area (TPSA) is 111 Å². The zero-order valence-corrected chi connectivity index (χ0v) is 14.3. The van der Waals surface area contributed by atoms with E-state index in [0.29, 0.717) is 22.6 Å². The van der Waals surface area contributed by atoms with Gasteiger partial charge in [-0.05, 0) is 30.5 Å². The van der Waals surface area contributed by atoms with Gasteiger partial charge < -0.3 is 4.74 Å². The number of pyridine rings is 1. The average Bonchev–Trinajstić information content (AvgIpc) is 2.55. The molecule has 1 heterocycles. The molecule has 8 nitrogen and oxygen atoms in total. The third-order valence-electron chi connectivity index (χ3n) is 3.58. The van der Waals surface area contributed by atoms with Crippen LogP contribution in [0, 0.1) is 24.0 Å². The number of sulfonamides is 1. The van der Waals surface area contributed by atoms with Gasteiger partial charge in [0.05, 0.1) is 16.9 Å². The highest BCUT2D eigenvalue weighted by atomic mass is 32.2. The number of nitrogens with zero attached hydrogens (tertiary/aromatic N) is 2. The highest BCUT2D eigenvalue weighted by molar-refractivity contribution is 7.89. The Hall–Kier alpha value is -2.52. The van der Waals surface area contributed by atoms with Crippen LogP contribution in [0.2, 0.25) is 0 Å². The maximum absolute atomic E-state index is 12.5. The number of aromatic nitrogens is 1. The Bertz CT molecular complexity index is 863. The molecule has 1 N–H and O–H groups in total. The highest BCUT2D eigenvalue weighted by Crippen LogP contribution is 2.25. The van der Waals surface area contributed by atoms with E-state index in [0.717, 1.165) is 6.07 Å². The van der Waals surface area contributed by atoms with Crippen LogP contribution in [0.4, 0.5) is 5.69 Å². The van der Waals surface area contributed by atoms with Crippen LogP contribution in [0.15, 0.2) is 35.4 Å². The van der Waals surface area contributed by atoms with Crippen LogP contribution in [-0.4, -0.2) is 25.4 Å². The molecule has 0 amide bonds. The lowest BCUT2D eigenvalue weighted by Crippen LogP contribution is -2.24. The number of methoxy groups -OCH3 is 1. The lowest BCUT2D eigenvalue weighted by atomic mass is 10.1. The molecule has 1 aromatic carbocycles. The van der Waals surface area contributed by atoms with Crippen LogP contribution in [-0.2, 0) is 16.6 Å². The normalized spacial score (nSPS) is 11.3. The van der Waals surface area contributed by atoms with E-state index >= 15 is 0 Å². The van der Waals surface area contributed by atoms with Crippen LogP contribution in [0.3, 0.4) is 0 Å². The van der Waals surface area contributed by atoms with Gasteiger partial charge in [0.2, 0.25) is 15.9 Å². The van der Waals surface area contributed by atoms with Gasteiger partial charge >= 0.3 is 0 Å². The van der Waals surface area contributed by atoms with E-state index < -0.39 is 14.9 Å². The molecule has 9 heteroatoms. The van der Waals surface area contributed by atoms with Gasteiger partial charge in [-0.1, -0.05) is 6.07 Å². The van der Waals surface area contributed by atoms with Crippen LogP contribution >= 0.6 is 0 Å². The zero-order chi connectivity index (χ0) is 17.9. The quantitative estimate of drug-likeness (QED) is 0.630. The second kappa shape index (κ2) is 6.93. The highest BCUT2D eigenvalue weighted by Gasteiger charge is 2.22. The SMILES string of the molecule is COc1ccc(CNS(=O)(=O)c2cc([N+](=O)[O-])cc(C)c2C)cn1. The van der Waals surface area contributed by atoms with Crippen LogP contribution in [0.5, 0.6) is 5.88 Å². The Morgan fingerprint density at radius 2 is 2.00 bits per heavy atom. The minimum absolute atomic E-state index is 0.0144. The minimum atomic E-state index is -3.90. The summed E-state index contributed by atoms with van der Waals surface area (Å²) in [7, 11) is -2.41. The molecule has 0 aliphatic rings. The van der Waals surface area contributed by atoms with E-state index in [1.165, 1.54) is 19.4 Å². The van der Waals surface area contributed by atoms with Crippen LogP contribution < -0.4 is 9.46 Å². The fraction of sp³-hybridized carbons (Fsp3) is 0.267. The van der Waals surface area contributed by atoms with Gasteiger partial charge in [-0.25, -0.2) is 18.1 Å². The van der Waals surface area contributed by atoms with Crippen LogP contribution in [0.25, 0.3) is 0 Å². The van der Waals surface area contributed by atoms with Crippen LogP contribution in [0.1, 0.15) is 16.7 Å². The summed E-state index contributed by atoms with van der Waals surface area (Å²) in [6, 6.07) is 5.71. The van der Waals surface area contributed by atoms with E-state index in [4.69, 9.17) is 4.74 Å². The maximum atomic E-state index is 12.5. The molecule has 0 atom stereocenters. The predicted octanol–water partition coefficient (Wildman–Crippen LogP) is 2.09. The van der Waals surface area contributed by atoms with Crippen molar-refractivity contribution in [3.8, 4) is 5.88 Å². The molecule has 0 fully saturated rings. The molecule has 0 saturated carbocycles. The Labute approximate surface area is 139 Å². The van der Waals surface area contributed by atoms with Crippen molar-refractivity contribution >= 4 is 15.7 Å². The third-order valence-corrected chi connectivity index (χ3v) is 5.11. The largest absolute Gasteiger partial charge is 0.481 e. The second-order valence-corrected chi connectivity index (χ2v) is 6.91. The van der Waals surface area contributed by atoms with Gasteiger partial charge in [-0.15, -0.1) is 0 Å². The predicted molar refractivity (Wildman–Crippen MR) is 87.4 cm³/mol. The first-order valence-electron chi connectivity index (χ1n) is 6.99. The molecular formula is C15H17N3O5S. The van der Waals surface area contributed by atoms with Crippen molar-refractivity contribution < 1.29 is 18.1 Å². The minimum Gasteiger partial charge on any atom is -0.481 e. The second-order valence-electron chi connectivity index (χ2n) is 5.18. The van der Waals surface area contributed by atoms with Gasteiger partial charge in [0, 0.05) is 30.9 Å². The van der Waals surface area contributed by atoms with E-state index in [-0.39, 0.29) is 17.1 Å². The van der Waals surface area contributed by atoms with Gasteiger partial charge in [0.15, 0.2) is 0 Å². The van der Waals surface area contributed by atoms with E-state index in [2.05, 4.69) is 9.71 Å². The molecule has 0 aliphatic carbocycles. The Balaban J connectivity index is 2.28. The Morgan fingerprint density at radius 3 is 2.54 bits per heavy atom. The number of non-ortho nitro benzene ring substituents is 1. The summed E-state index contributed by atoms with van der Waals surface area (Å²) in [5, 5.41) is 11.0. The lowest BCUT2D eigenvalue weighted by Gasteiger charge is -2.11. The van der Waals surface area contributed by atoms with E-state index in [9.17, 15) is 18.5 Å². The van der Waals surface area contributed by atoms with Crippen molar-refractivity contribution in [2.24, 2.45) is 0 Å². The number of hydrogen-bond acceptors (Lipinski definition) is 6. The van der Waals surface area contributed by atoms with Crippen molar-refractivity contribution in [2.45, 2.75) is 25.3 Å². The Morgan fingerprint density at radius 1 is 1.29 bits per heavy atom. The molecule has 128 valence electrons. The summed E-state index contributed by atoms with van der Waals surface area (Å²) in [4.78, 5) is 14.2. The van der Waals surface area contributed by atoms with Gasteiger partial charge in [-0.3, -0.25) is 10.1 Å². The van der Waals surface area contributed by atoms with Crippen molar-refractivity contribution in [2.75, 3.05) is 7.11 Å². The van der Waals surface area contributed by atoms with Gasteiger partial charge in [0.1, 0.15) is 0 Å². The van der Waals surface area contributed by atoms with Crippen molar-refractivity contribution in [3.05, 3.63) is 57.3 Å². The smallest absolute Gasteiger partial charge is 0.271 e. The maximum Gasteiger partial charge on any atom is 0.271 e.